The van der Waals surface area contributed by atoms with E-state index in [0.717, 1.165) is 17.5 Å². The van der Waals surface area contributed by atoms with Crippen LogP contribution in [0.25, 0.3) is 0 Å². The smallest absolute Gasteiger partial charge is 0.270 e. The van der Waals surface area contributed by atoms with Crippen molar-refractivity contribution < 1.29 is 18.9 Å². The molecule has 2 aliphatic heterocycles. The summed E-state index contributed by atoms with van der Waals surface area (Å²) in [5.74, 6) is -0.595. The molecule has 3 aromatic rings. The fourth-order valence-corrected chi connectivity index (χ4v) is 6.09. The van der Waals surface area contributed by atoms with E-state index in [2.05, 4.69) is 11.0 Å². The average molecular weight is 523 g/mol. The number of carbonyl (C=O) groups excluding carboxylic acids is 2. The van der Waals surface area contributed by atoms with Gasteiger partial charge < -0.3 is 9.80 Å². The van der Waals surface area contributed by atoms with Crippen LogP contribution in [-0.4, -0.2) is 70.7 Å². The van der Waals surface area contributed by atoms with Crippen LogP contribution < -0.4 is 0 Å². The summed E-state index contributed by atoms with van der Waals surface area (Å²) in [5.41, 5.74) is 2.10. The first-order valence-corrected chi connectivity index (χ1v) is 13.2. The van der Waals surface area contributed by atoms with Crippen molar-refractivity contribution >= 4 is 28.8 Å². The Bertz CT molecular complexity index is 1330. The van der Waals surface area contributed by atoms with Gasteiger partial charge in [0.05, 0.1) is 17.5 Å². The molecule has 5 rings (SSSR count). The molecular formula is C27H27FN4O4S. The topological polar surface area (TPSA) is 87.0 Å². The highest BCUT2D eigenvalue weighted by Gasteiger charge is 2.32. The Morgan fingerprint density at radius 1 is 1.00 bits per heavy atom. The van der Waals surface area contributed by atoms with Crippen LogP contribution in [0.15, 0.2) is 60.0 Å². The van der Waals surface area contributed by atoms with Crippen molar-refractivity contribution in [2.75, 3.05) is 39.3 Å². The Balaban J connectivity index is 1.27. The fraction of sp³-hybridized carbons (Fsp3) is 0.333. The third-order valence-corrected chi connectivity index (χ3v) is 8.00. The minimum atomic E-state index is -0.518. The zero-order valence-electron chi connectivity index (χ0n) is 20.2. The van der Waals surface area contributed by atoms with E-state index in [0.29, 0.717) is 39.1 Å². The van der Waals surface area contributed by atoms with Gasteiger partial charge in [-0.3, -0.25) is 24.6 Å². The zero-order chi connectivity index (χ0) is 25.9. The highest BCUT2D eigenvalue weighted by molar-refractivity contribution is 7.10. The van der Waals surface area contributed by atoms with E-state index in [1.807, 2.05) is 11.4 Å². The third-order valence-electron chi connectivity index (χ3n) is 7.01. The summed E-state index contributed by atoms with van der Waals surface area (Å²) in [6.07, 6.45) is 1.46. The molecule has 8 nitrogen and oxygen atoms in total. The Kier molecular flexibility index (Phi) is 7.29. The lowest BCUT2D eigenvalue weighted by Crippen LogP contribution is -2.45. The Morgan fingerprint density at radius 3 is 2.59 bits per heavy atom. The Morgan fingerprint density at radius 2 is 1.78 bits per heavy atom. The lowest BCUT2D eigenvalue weighted by atomic mass is 9.93. The second-order valence-electron chi connectivity index (χ2n) is 9.31. The number of benzene rings is 2. The van der Waals surface area contributed by atoms with E-state index < -0.39 is 4.92 Å². The van der Waals surface area contributed by atoms with E-state index in [4.69, 9.17) is 0 Å². The first-order valence-electron chi connectivity index (χ1n) is 12.3. The highest BCUT2D eigenvalue weighted by Crippen LogP contribution is 2.37. The average Bonchev–Trinajstić information content (AvgIpc) is 3.23. The van der Waals surface area contributed by atoms with Crippen molar-refractivity contribution in [3.8, 4) is 0 Å². The predicted octanol–water partition coefficient (Wildman–Crippen LogP) is 4.12. The first-order chi connectivity index (χ1) is 17.9. The molecular weight excluding hydrogens is 495 g/mol. The van der Waals surface area contributed by atoms with Gasteiger partial charge in [0.25, 0.3) is 11.6 Å². The number of hydrogen-bond donors (Lipinski definition) is 0. The number of carbonyl (C=O) groups is 2. The number of fused-ring (bicyclic) bond motifs is 1. The largest absolute Gasteiger partial charge is 0.340 e. The van der Waals surface area contributed by atoms with Crippen molar-refractivity contribution in [2.24, 2.45) is 0 Å². The minimum Gasteiger partial charge on any atom is -0.340 e. The molecule has 1 fully saturated rings. The van der Waals surface area contributed by atoms with Gasteiger partial charge in [0.15, 0.2) is 0 Å². The van der Waals surface area contributed by atoms with Crippen LogP contribution in [0.5, 0.6) is 0 Å². The molecule has 0 unspecified atom stereocenters. The lowest BCUT2D eigenvalue weighted by molar-refractivity contribution is -0.384. The number of rotatable bonds is 5. The number of hydrogen-bond acceptors (Lipinski definition) is 6. The zero-order valence-corrected chi connectivity index (χ0v) is 21.0. The first kappa shape index (κ1) is 25.0. The maximum atomic E-state index is 14.1. The van der Waals surface area contributed by atoms with Crippen LogP contribution in [-0.2, 0) is 11.2 Å². The second kappa shape index (κ2) is 10.8. The highest BCUT2D eigenvalue weighted by atomic mass is 32.1. The van der Waals surface area contributed by atoms with Gasteiger partial charge in [-0.2, -0.15) is 0 Å². The van der Waals surface area contributed by atoms with Crippen molar-refractivity contribution in [1.29, 1.82) is 0 Å². The molecule has 1 saturated heterocycles. The van der Waals surface area contributed by atoms with Gasteiger partial charge in [0.2, 0.25) is 5.91 Å². The number of thiophene rings is 1. The molecule has 3 heterocycles. The van der Waals surface area contributed by atoms with Gasteiger partial charge in [-0.15, -0.1) is 11.3 Å². The summed E-state index contributed by atoms with van der Waals surface area (Å²) in [4.78, 5) is 43.8. The van der Waals surface area contributed by atoms with Crippen molar-refractivity contribution in [1.82, 2.24) is 14.7 Å². The van der Waals surface area contributed by atoms with Gasteiger partial charge in [0, 0.05) is 55.3 Å². The number of non-ortho nitro benzene ring substituents is 1. The summed E-state index contributed by atoms with van der Waals surface area (Å²) in [5, 5.41) is 13.1. The fourth-order valence-electron chi connectivity index (χ4n) is 5.18. The molecule has 0 radical (unpaired) electrons. The molecule has 192 valence electrons. The summed E-state index contributed by atoms with van der Waals surface area (Å²) in [7, 11) is 0. The summed E-state index contributed by atoms with van der Waals surface area (Å²) in [6, 6.07) is 14.2. The molecule has 2 aromatic carbocycles. The summed E-state index contributed by atoms with van der Waals surface area (Å²) in [6.45, 7) is 2.65. The SMILES string of the molecule is O=C(CN1CCc2sccc2[C@H]1c1cccc(F)c1)N1CCCN(C(=O)c2cccc([N+](=O)[O-])c2)CC1. The van der Waals surface area contributed by atoms with E-state index in [-0.39, 0.29) is 41.5 Å². The number of amides is 2. The molecule has 0 spiro atoms. The van der Waals surface area contributed by atoms with E-state index >= 15 is 0 Å². The third kappa shape index (κ3) is 5.40. The summed E-state index contributed by atoms with van der Waals surface area (Å²) >= 11 is 1.69. The molecule has 2 amide bonds. The van der Waals surface area contributed by atoms with Crippen molar-refractivity contribution in [3.05, 3.63) is 97.5 Å². The van der Waals surface area contributed by atoms with Crippen LogP contribution in [0.4, 0.5) is 10.1 Å². The van der Waals surface area contributed by atoms with E-state index in [9.17, 15) is 24.1 Å². The van der Waals surface area contributed by atoms with Gasteiger partial charge >= 0.3 is 0 Å². The van der Waals surface area contributed by atoms with Gasteiger partial charge in [-0.05, 0) is 53.6 Å². The summed E-state index contributed by atoms with van der Waals surface area (Å²) < 4.78 is 14.1. The van der Waals surface area contributed by atoms with Crippen LogP contribution in [0.2, 0.25) is 0 Å². The second-order valence-corrected chi connectivity index (χ2v) is 10.3. The van der Waals surface area contributed by atoms with Gasteiger partial charge in [0.1, 0.15) is 5.82 Å². The van der Waals surface area contributed by atoms with Crippen molar-refractivity contribution in [3.63, 3.8) is 0 Å². The van der Waals surface area contributed by atoms with Gasteiger partial charge in [-0.1, -0.05) is 18.2 Å². The molecule has 0 aliphatic carbocycles. The Labute approximate surface area is 218 Å². The van der Waals surface area contributed by atoms with Crippen LogP contribution >= 0.6 is 11.3 Å². The van der Waals surface area contributed by atoms with Crippen LogP contribution in [0, 0.1) is 15.9 Å². The normalized spacial score (nSPS) is 18.2. The molecule has 1 atom stereocenters. The number of nitro groups is 1. The lowest BCUT2D eigenvalue weighted by Gasteiger charge is -2.37. The predicted molar refractivity (Wildman–Crippen MR) is 138 cm³/mol. The molecule has 2 aliphatic rings. The molecule has 10 heteroatoms. The molecule has 1 aromatic heterocycles. The minimum absolute atomic E-state index is 0.0234. The van der Waals surface area contributed by atoms with Gasteiger partial charge in [-0.25, -0.2) is 4.39 Å². The number of nitrogens with zero attached hydrogens (tertiary/aromatic N) is 4. The van der Waals surface area contributed by atoms with Crippen LogP contribution in [0.3, 0.4) is 0 Å². The number of nitro benzene ring substituents is 1. The molecule has 0 bridgehead atoms. The Hall–Kier alpha value is -3.63. The van der Waals surface area contributed by atoms with Crippen LogP contribution in [0.1, 0.15) is 38.8 Å². The standard InChI is InChI=1S/C27H27FN4O4S/c28-21-6-1-4-19(16-21)26-23-9-15-37-24(23)8-12-31(26)18-25(33)29-10-3-11-30(14-13-29)27(34)20-5-2-7-22(17-20)32(35)36/h1-2,4-7,9,15-17,26H,3,8,10-14,18H2/t26-/m1/s1. The monoisotopic (exact) mass is 522 g/mol. The van der Waals surface area contributed by atoms with E-state index in [1.54, 1.807) is 33.3 Å². The molecule has 37 heavy (non-hydrogen) atoms. The van der Waals surface area contributed by atoms with E-state index in [1.165, 1.54) is 35.2 Å². The maximum absolute atomic E-state index is 14.1. The number of halogens is 1. The maximum Gasteiger partial charge on any atom is 0.270 e. The molecule has 0 N–H and O–H groups in total. The molecule has 0 saturated carbocycles. The quantitative estimate of drug-likeness (QED) is 0.372. The van der Waals surface area contributed by atoms with Crippen molar-refractivity contribution in [2.45, 2.75) is 18.9 Å².